The van der Waals surface area contributed by atoms with Crippen LogP contribution in [0.2, 0.25) is 0 Å². The Balaban J connectivity index is 1.51. The van der Waals surface area contributed by atoms with Gasteiger partial charge in [0.15, 0.2) is 16.6 Å². The summed E-state index contributed by atoms with van der Waals surface area (Å²) in [6.45, 7) is 4.55. The maximum absolute atomic E-state index is 5.89. The Morgan fingerprint density at radius 3 is 2.50 bits per heavy atom. The van der Waals surface area contributed by atoms with Crippen LogP contribution in [-0.4, -0.2) is 21.5 Å². The lowest BCUT2D eigenvalue weighted by molar-refractivity contribution is 0.174. The molecule has 4 heterocycles. The molecule has 1 fully saturated rings. The van der Waals surface area contributed by atoms with Crippen molar-refractivity contribution in [1.29, 1.82) is 0 Å². The van der Waals surface area contributed by atoms with Crippen LogP contribution in [-0.2, 0) is 0 Å². The van der Waals surface area contributed by atoms with Crippen LogP contribution in [0.15, 0.2) is 79.0 Å². The molecule has 2 aliphatic rings. The van der Waals surface area contributed by atoms with Crippen LogP contribution in [0.5, 0.6) is 11.5 Å². The van der Waals surface area contributed by atoms with Crippen molar-refractivity contribution < 1.29 is 9.47 Å². The number of aromatic nitrogens is 2. The molecule has 2 aromatic carbocycles. The van der Waals surface area contributed by atoms with Gasteiger partial charge in [0.25, 0.3) is 0 Å². The van der Waals surface area contributed by atoms with E-state index in [1.54, 1.807) is 0 Å². The Kier molecular flexibility index (Phi) is 4.99. The number of pyridine rings is 1. The molecule has 34 heavy (non-hydrogen) atoms. The third kappa shape index (κ3) is 3.31. The smallest absolute Gasteiger partial charge is 0.231 e. The van der Waals surface area contributed by atoms with E-state index in [1.807, 2.05) is 48.7 Å². The van der Waals surface area contributed by atoms with Crippen molar-refractivity contribution in [2.75, 3.05) is 11.7 Å². The molecule has 2 aromatic heterocycles. The molecule has 4 aromatic rings. The zero-order chi connectivity index (χ0) is 23.2. The lowest BCUT2D eigenvalue weighted by Gasteiger charge is -2.28. The average molecular weight is 469 g/mol. The fourth-order valence-electron chi connectivity index (χ4n) is 5.05. The fraction of sp³-hybridized carbons (Fsp3) is 0.185. The van der Waals surface area contributed by atoms with Crippen molar-refractivity contribution in [3.8, 4) is 17.2 Å². The molecule has 0 radical (unpaired) electrons. The molecule has 0 spiro atoms. The van der Waals surface area contributed by atoms with Gasteiger partial charge in [0.05, 0.1) is 17.8 Å². The molecule has 0 unspecified atom stereocenters. The Morgan fingerprint density at radius 2 is 1.71 bits per heavy atom. The van der Waals surface area contributed by atoms with Gasteiger partial charge in [0.2, 0.25) is 6.79 Å². The SMILES string of the molecule is Cc1cc([C@@H]2[C@H](c3ccccn3)NC(=S)N2c2ccc3c(c2)OCO3)c(C)n1-c1ccccc1. The molecule has 1 N–H and O–H groups in total. The predicted octanol–water partition coefficient (Wildman–Crippen LogP) is 5.39. The molecule has 6 nitrogen and oxygen atoms in total. The van der Waals surface area contributed by atoms with E-state index < -0.39 is 0 Å². The quantitative estimate of drug-likeness (QED) is 0.405. The standard InChI is InChI=1S/C27H24N4O2S/c1-17-14-21(18(2)30(17)19-8-4-3-5-9-19)26-25(22-10-6-7-13-28-22)29-27(34)31(26)20-11-12-23-24(15-20)33-16-32-23/h3-15,25-26H,16H2,1-2H3,(H,29,34)/t25-,26+/m0/s1. The second-order valence-corrected chi connectivity index (χ2v) is 8.92. The summed E-state index contributed by atoms with van der Waals surface area (Å²) in [5.41, 5.74) is 6.58. The van der Waals surface area contributed by atoms with E-state index in [-0.39, 0.29) is 18.9 Å². The van der Waals surface area contributed by atoms with Crippen LogP contribution >= 0.6 is 12.2 Å². The van der Waals surface area contributed by atoms with Crippen molar-refractivity contribution in [1.82, 2.24) is 14.9 Å². The number of fused-ring (bicyclic) bond motifs is 1. The van der Waals surface area contributed by atoms with E-state index >= 15 is 0 Å². The molecule has 0 aliphatic carbocycles. The Bertz CT molecular complexity index is 1370. The van der Waals surface area contributed by atoms with Crippen LogP contribution in [0.4, 0.5) is 5.69 Å². The van der Waals surface area contributed by atoms with Gasteiger partial charge in [-0.3, -0.25) is 4.98 Å². The minimum Gasteiger partial charge on any atom is -0.454 e. The number of thiocarbonyl (C=S) groups is 1. The van der Waals surface area contributed by atoms with Crippen molar-refractivity contribution >= 4 is 23.0 Å². The van der Waals surface area contributed by atoms with Crippen molar-refractivity contribution in [3.63, 3.8) is 0 Å². The van der Waals surface area contributed by atoms with E-state index in [4.69, 9.17) is 21.7 Å². The molecule has 0 amide bonds. The zero-order valence-electron chi connectivity index (χ0n) is 18.9. The van der Waals surface area contributed by atoms with Gasteiger partial charge in [-0.25, -0.2) is 0 Å². The molecule has 2 atom stereocenters. The van der Waals surface area contributed by atoms with Crippen LogP contribution in [0.25, 0.3) is 5.69 Å². The first kappa shape index (κ1) is 20.7. The highest BCUT2D eigenvalue weighted by Gasteiger charge is 2.42. The third-order valence-corrected chi connectivity index (χ3v) is 6.85. The van der Waals surface area contributed by atoms with Crippen LogP contribution in [0.1, 0.15) is 34.7 Å². The number of nitrogens with one attached hydrogen (secondary N) is 1. The van der Waals surface area contributed by atoms with Gasteiger partial charge in [0, 0.05) is 35.0 Å². The summed E-state index contributed by atoms with van der Waals surface area (Å²) in [7, 11) is 0. The third-order valence-electron chi connectivity index (χ3n) is 6.54. The topological polar surface area (TPSA) is 51.6 Å². The van der Waals surface area contributed by atoms with E-state index in [1.165, 1.54) is 17.0 Å². The summed E-state index contributed by atoms with van der Waals surface area (Å²) < 4.78 is 13.5. The van der Waals surface area contributed by atoms with Gasteiger partial charge in [-0.2, -0.15) is 0 Å². The highest BCUT2D eigenvalue weighted by atomic mass is 32.1. The summed E-state index contributed by atoms with van der Waals surface area (Å²) in [5.74, 6) is 1.48. The normalized spacial score (nSPS) is 18.9. The first-order valence-electron chi connectivity index (χ1n) is 11.3. The highest BCUT2D eigenvalue weighted by molar-refractivity contribution is 7.80. The molecule has 2 aliphatic heterocycles. The zero-order valence-corrected chi connectivity index (χ0v) is 19.8. The number of benzene rings is 2. The van der Waals surface area contributed by atoms with E-state index in [2.05, 4.69) is 63.9 Å². The van der Waals surface area contributed by atoms with Crippen LogP contribution in [0.3, 0.4) is 0 Å². The summed E-state index contributed by atoms with van der Waals surface area (Å²) in [4.78, 5) is 6.85. The van der Waals surface area contributed by atoms with Gasteiger partial charge >= 0.3 is 0 Å². The molecular weight excluding hydrogens is 444 g/mol. The average Bonchev–Trinajstić information content (AvgIpc) is 3.54. The maximum atomic E-state index is 5.89. The van der Waals surface area contributed by atoms with Crippen molar-refractivity contribution in [3.05, 3.63) is 102 Å². The van der Waals surface area contributed by atoms with Crippen molar-refractivity contribution in [2.45, 2.75) is 25.9 Å². The molecule has 6 rings (SSSR count). The largest absolute Gasteiger partial charge is 0.454 e. The Morgan fingerprint density at radius 1 is 0.912 bits per heavy atom. The fourth-order valence-corrected chi connectivity index (χ4v) is 5.39. The van der Waals surface area contributed by atoms with E-state index in [0.29, 0.717) is 5.11 Å². The summed E-state index contributed by atoms with van der Waals surface area (Å²) in [5, 5.41) is 4.20. The Hall–Kier alpha value is -3.84. The minimum absolute atomic E-state index is 0.0913. The van der Waals surface area contributed by atoms with Crippen molar-refractivity contribution in [2.24, 2.45) is 0 Å². The number of ether oxygens (including phenoxy) is 2. The number of anilines is 1. The first-order valence-corrected chi connectivity index (χ1v) is 11.7. The predicted molar refractivity (Wildman–Crippen MR) is 136 cm³/mol. The summed E-state index contributed by atoms with van der Waals surface area (Å²) >= 11 is 5.89. The molecular formula is C27H24N4O2S. The summed E-state index contributed by atoms with van der Waals surface area (Å²) in [6, 6.07) is 24.5. The van der Waals surface area contributed by atoms with Gasteiger partial charge < -0.3 is 24.3 Å². The lowest BCUT2D eigenvalue weighted by Crippen LogP contribution is -2.29. The van der Waals surface area contributed by atoms with Gasteiger partial charge in [-0.15, -0.1) is 0 Å². The van der Waals surface area contributed by atoms with E-state index in [9.17, 15) is 0 Å². The number of rotatable bonds is 4. The van der Waals surface area contributed by atoms with Crippen LogP contribution in [0, 0.1) is 13.8 Å². The number of hydrogen-bond acceptors (Lipinski definition) is 4. The second kappa shape index (κ2) is 8.18. The number of hydrogen-bond donors (Lipinski definition) is 1. The number of para-hydroxylation sites is 1. The minimum atomic E-state index is -0.108. The molecule has 7 heteroatoms. The van der Waals surface area contributed by atoms with Gasteiger partial charge in [-0.05, 0) is 74.1 Å². The number of nitrogens with zero attached hydrogens (tertiary/aromatic N) is 3. The first-order chi connectivity index (χ1) is 16.6. The monoisotopic (exact) mass is 468 g/mol. The maximum Gasteiger partial charge on any atom is 0.231 e. The van der Waals surface area contributed by atoms with Gasteiger partial charge in [0.1, 0.15) is 0 Å². The molecule has 1 saturated heterocycles. The Labute approximate surface area is 203 Å². The second-order valence-electron chi connectivity index (χ2n) is 8.53. The molecule has 0 bridgehead atoms. The van der Waals surface area contributed by atoms with Gasteiger partial charge in [-0.1, -0.05) is 24.3 Å². The molecule has 0 saturated carbocycles. The highest BCUT2D eigenvalue weighted by Crippen LogP contribution is 2.45. The summed E-state index contributed by atoms with van der Waals surface area (Å²) in [6.07, 6.45) is 1.83. The molecule has 170 valence electrons. The lowest BCUT2D eigenvalue weighted by atomic mass is 9.96. The van der Waals surface area contributed by atoms with E-state index in [0.717, 1.165) is 28.6 Å². The number of aryl methyl sites for hydroxylation is 1. The van der Waals surface area contributed by atoms with Crippen LogP contribution < -0.4 is 19.7 Å².